The highest BCUT2D eigenvalue weighted by Gasteiger charge is 2.07. The van der Waals surface area contributed by atoms with Gasteiger partial charge in [-0.2, -0.15) is 0 Å². The summed E-state index contributed by atoms with van der Waals surface area (Å²) >= 11 is 12.5. The van der Waals surface area contributed by atoms with Crippen LogP contribution < -0.4 is 5.32 Å². The van der Waals surface area contributed by atoms with Crippen molar-refractivity contribution in [1.82, 2.24) is 4.98 Å². The Bertz CT molecular complexity index is 563. The van der Waals surface area contributed by atoms with E-state index < -0.39 is 0 Å². The molecule has 88 valence electrons. The third-order valence-corrected chi connectivity index (χ3v) is 3.20. The summed E-state index contributed by atoms with van der Waals surface area (Å²) in [5, 5.41) is 3.26. The zero-order chi connectivity index (χ0) is 12.4. The van der Waals surface area contributed by atoms with E-state index >= 15 is 0 Å². The van der Waals surface area contributed by atoms with Crippen LogP contribution in [0.15, 0.2) is 39.4 Å². The molecule has 0 saturated carbocycles. The minimum absolute atomic E-state index is 0.316. The molecule has 6 heteroatoms. The first-order valence-corrected chi connectivity index (χ1v) is 6.56. The van der Waals surface area contributed by atoms with E-state index in [1.807, 2.05) is 0 Å². The van der Waals surface area contributed by atoms with Crippen LogP contribution >= 0.6 is 43.5 Å². The summed E-state index contributed by atoms with van der Waals surface area (Å²) in [5.41, 5.74) is 0.316. The summed E-state index contributed by atoms with van der Waals surface area (Å²) in [4.78, 5) is 4.07. The molecular weight excluding hydrogens is 374 g/mol. The summed E-state index contributed by atoms with van der Waals surface area (Å²) in [6.45, 7) is 0. The Morgan fingerprint density at radius 2 is 1.94 bits per heavy atom. The molecule has 1 aromatic heterocycles. The maximum atomic E-state index is 13.5. The number of aromatic nitrogens is 1. The highest BCUT2D eigenvalue weighted by molar-refractivity contribution is 9.10. The Balaban J connectivity index is 2.34. The fraction of sp³-hybridized carbons (Fsp3) is 0. The zero-order valence-corrected chi connectivity index (χ0v) is 12.3. The molecule has 2 rings (SSSR count). The number of benzene rings is 1. The molecule has 0 amide bonds. The molecular formula is C11H6Br2ClFN2. The van der Waals surface area contributed by atoms with Gasteiger partial charge in [-0.05, 0) is 40.2 Å². The Morgan fingerprint density at radius 1 is 1.18 bits per heavy atom. The summed E-state index contributed by atoms with van der Waals surface area (Å²) in [6.07, 6.45) is 1.59. The molecule has 1 N–H and O–H groups in total. The lowest BCUT2D eigenvalue weighted by atomic mass is 10.3. The van der Waals surface area contributed by atoms with E-state index in [0.29, 0.717) is 16.5 Å². The van der Waals surface area contributed by atoms with Crippen molar-refractivity contribution >= 4 is 55.0 Å². The van der Waals surface area contributed by atoms with Gasteiger partial charge in [0.05, 0.1) is 10.7 Å². The van der Waals surface area contributed by atoms with Crippen molar-refractivity contribution in [2.75, 3.05) is 5.32 Å². The first-order valence-electron chi connectivity index (χ1n) is 4.59. The van der Waals surface area contributed by atoms with Crippen LogP contribution in [0.4, 0.5) is 15.9 Å². The number of rotatable bonds is 2. The number of nitrogens with zero attached hydrogens (tertiary/aromatic N) is 1. The van der Waals surface area contributed by atoms with Gasteiger partial charge < -0.3 is 5.32 Å². The van der Waals surface area contributed by atoms with Gasteiger partial charge in [0, 0.05) is 15.1 Å². The van der Waals surface area contributed by atoms with Crippen LogP contribution in [0.2, 0.25) is 5.02 Å². The molecule has 2 aromatic rings. The van der Waals surface area contributed by atoms with Gasteiger partial charge >= 0.3 is 0 Å². The van der Waals surface area contributed by atoms with E-state index in [2.05, 4.69) is 42.2 Å². The van der Waals surface area contributed by atoms with Crippen LogP contribution in [0.3, 0.4) is 0 Å². The minimum atomic E-state index is -0.367. The second-order valence-corrected chi connectivity index (χ2v) is 5.47. The molecule has 0 aliphatic carbocycles. The van der Waals surface area contributed by atoms with Gasteiger partial charge in [-0.1, -0.05) is 27.5 Å². The van der Waals surface area contributed by atoms with Crippen LogP contribution in [0.25, 0.3) is 0 Å². The highest BCUT2D eigenvalue weighted by atomic mass is 79.9. The van der Waals surface area contributed by atoms with Crippen LogP contribution in [-0.2, 0) is 0 Å². The molecule has 0 aliphatic heterocycles. The maximum Gasteiger partial charge on any atom is 0.149 e. The Morgan fingerprint density at radius 3 is 2.65 bits per heavy atom. The molecule has 1 heterocycles. The lowest BCUT2D eigenvalue weighted by Gasteiger charge is -2.08. The monoisotopic (exact) mass is 378 g/mol. The number of hydrogen-bond acceptors (Lipinski definition) is 2. The van der Waals surface area contributed by atoms with E-state index in [1.165, 1.54) is 6.07 Å². The molecule has 0 spiro atoms. The van der Waals surface area contributed by atoms with Crippen LogP contribution in [0.5, 0.6) is 0 Å². The standard InChI is InChI=1S/C11H6Br2ClFN2/c12-6-1-2-9(15)10(4-6)17-11-8(14)3-7(13)5-16-11/h1-5H,(H,16,17). The van der Waals surface area contributed by atoms with Gasteiger partial charge in [-0.25, -0.2) is 9.37 Å². The predicted octanol–water partition coefficient (Wildman–Crippen LogP) is 5.14. The van der Waals surface area contributed by atoms with E-state index in [9.17, 15) is 4.39 Å². The van der Waals surface area contributed by atoms with Crippen molar-refractivity contribution in [2.45, 2.75) is 0 Å². The number of hydrogen-bond donors (Lipinski definition) is 1. The summed E-state index contributed by atoms with van der Waals surface area (Å²) in [6, 6.07) is 6.29. The van der Waals surface area contributed by atoms with Gasteiger partial charge in [0.2, 0.25) is 0 Å². The normalized spacial score (nSPS) is 10.4. The summed E-state index contributed by atoms with van der Waals surface area (Å²) in [7, 11) is 0. The quantitative estimate of drug-likeness (QED) is 0.780. The lowest BCUT2D eigenvalue weighted by molar-refractivity contribution is 0.631. The van der Waals surface area contributed by atoms with Crippen molar-refractivity contribution in [2.24, 2.45) is 0 Å². The van der Waals surface area contributed by atoms with Crippen molar-refractivity contribution in [3.05, 3.63) is 50.2 Å². The van der Waals surface area contributed by atoms with Gasteiger partial charge in [0.15, 0.2) is 0 Å². The lowest BCUT2D eigenvalue weighted by Crippen LogP contribution is -1.97. The zero-order valence-electron chi connectivity index (χ0n) is 8.35. The molecule has 17 heavy (non-hydrogen) atoms. The minimum Gasteiger partial charge on any atom is -0.337 e. The number of nitrogens with one attached hydrogen (secondary N) is 1. The highest BCUT2D eigenvalue weighted by Crippen LogP contribution is 2.28. The van der Waals surface area contributed by atoms with Crippen molar-refractivity contribution in [3.63, 3.8) is 0 Å². The van der Waals surface area contributed by atoms with E-state index in [1.54, 1.807) is 24.4 Å². The Kier molecular flexibility index (Phi) is 4.01. The SMILES string of the molecule is Fc1ccc(Br)cc1Nc1ncc(Br)cc1Cl. The van der Waals surface area contributed by atoms with E-state index in [-0.39, 0.29) is 5.82 Å². The third kappa shape index (κ3) is 3.18. The van der Waals surface area contributed by atoms with Crippen molar-refractivity contribution in [3.8, 4) is 0 Å². The smallest absolute Gasteiger partial charge is 0.149 e. The Hall–Kier alpha value is -0.650. The first-order chi connectivity index (χ1) is 8.06. The second-order valence-electron chi connectivity index (χ2n) is 3.23. The van der Waals surface area contributed by atoms with Gasteiger partial charge in [-0.15, -0.1) is 0 Å². The van der Waals surface area contributed by atoms with Gasteiger partial charge in [-0.3, -0.25) is 0 Å². The molecule has 0 aliphatic rings. The molecule has 1 aromatic carbocycles. The molecule has 2 nitrogen and oxygen atoms in total. The summed E-state index contributed by atoms with van der Waals surface area (Å²) < 4.78 is 15.0. The van der Waals surface area contributed by atoms with E-state index in [0.717, 1.165) is 8.95 Å². The number of anilines is 2. The van der Waals surface area contributed by atoms with E-state index in [4.69, 9.17) is 11.6 Å². The maximum absolute atomic E-state index is 13.5. The fourth-order valence-corrected chi connectivity index (χ4v) is 2.27. The predicted molar refractivity (Wildman–Crippen MR) is 74.3 cm³/mol. The molecule has 0 unspecified atom stereocenters. The Labute approximate surface area is 119 Å². The van der Waals surface area contributed by atoms with Crippen LogP contribution in [0, 0.1) is 5.82 Å². The largest absolute Gasteiger partial charge is 0.337 e. The van der Waals surface area contributed by atoms with Gasteiger partial charge in [0.1, 0.15) is 11.6 Å². The second kappa shape index (κ2) is 5.33. The molecule has 0 fully saturated rings. The van der Waals surface area contributed by atoms with Crippen LogP contribution in [0.1, 0.15) is 0 Å². The molecule has 0 atom stereocenters. The fourth-order valence-electron chi connectivity index (χ4n) is 1.23. The average molecular weight is 380 g/mol. The molecule has 0 radical (unpaired) electrons. The molecule has 0 bridgehead atoms. The van der Waals surface area contributed by atoms with Crippen LogP contribution in [-0.4, -0.2) is 4.98 Å². The van der Waals surface area contributed by atoms with Crippen molar-refractivity contribution < 1.29 is 4.39 Å². The van der Waals surface area contributed by atoms with Gasteiger partial charge in [0.25, 0.3) is 0 Å². The number of halogens is 4. The van der Waals surface area contributed by atoms with Crippen molar-refractivity contribution in [1.29, 1.82) is 0 Å². The average Bonchev–Trinajstić information content (AvgIpc) is 2.27. The summed E-state index contributed by atoms with van der Waals surface area (Å²) in [5.74, 6) is 0.0425. The number of pyridine rings is 1. The first kappa shape index (κ1) is 12.8. The third-order valence-electron chi connectivity index (χ3n) is 1.99. The topological polar surface area (TPSA) is 24.9 Å². The molecule has 0 saturated heterocycles.